The number of amides is 1. The van der Waals surface area contributed by atoms with E-state index in [4.69, 9.17) is 0 Å². The molecule has 0 fully saturated rings. The van der Waals surface area contributed by atoms with Crippen LogP contribution in [0, 0.1) is 3.57 Å². The van der Waals surface area contributed by atoms with E-state index in [9.17, 15) is 4.79 Å². The summed E-state index contributed by atoms with van der Waals surface area (Å²) in [7, 11) is 1.83. The Morgan fingerprint density at radius 2 is 2.19 bits per heavy atom. The van der Waals surface area contributed by atoms with Gasteiger partial charge >= 0.3 is 0 Å². The molecule has 0 aliphatic rings. The first-order chi connectivity index (χ1) is 7.13. The standard InChI is InChI=1S/C10H12BrIN2O.ClH/c1-13-5-4-10(15)14-7-2-3-8(11)9(12)6-7;/h2-3,6,13H,4-5H2,1H3,(H,14,15);1H. The third-order valence-corrected chi connectivity index (χ3v) is 4.13. The minimum atomic E-state index is 0. The van der Waals surface area contributed by atoms with Crippen molar-refractivity contribution in [3.8, 4) is 0 Å². The highest BCUT2D eigenvalue weighted by molar-refractivity contribution is 14.1. The van der Waals surface area contributed by atoms with Crippen LogP contribution in [-0.4, -0.2) is 19.5 Å². The first kappa shape index (κ1) is 16.1. The van der Waals surface area contributed by atoms with Crippen molar-refractivity contribution in [2.45, 2.75) is 6.42 Å². The van der Waals surface area contributed by atoms with Gasteiger partial charge in [0.15, 0.2) is 0 Å². The summed E-state index contributed by atoms with van der Waals surface area (Å²) in [6.45, 7) is 0.694. The maximum absolute atomic E-state index is 11.4. The quantitative estimate of drug-likeness (QED) is 0.737. The Balaban J connectivity index is 0.00000225. The highest BCUT2D eigenvalue weighted by atomic mass is 127. The van der Waals surface area contributed by atoms with Crippen LogP contribution in [0.15, 0.2) is 22.7 Å². The molecule has 3 nitrogen and oxygen atoms in total. The molecule has 0 aliphatic heterocycles. The number of nitrogens with one attached hydrogen (secondary N) is 2. The van der Waals surface area contributed by atoms with Gasteiger partial charge in [-0.15, -0.1) is 12.4 Å². The average molecular weight is 419 g/mol. The second-order valence-corrected chi connectivity index (χ2v) is 5.05. The van der Waals surface area contributed by atoms with Crippen LogP contribution in [0.4, 0.5) is 5.69 Å². The Morgan fingerprint density at radius 1 is 1.50 bits per heavy atom. The molecule has 0 bridgehead atoms. The van der Waals surface area contributed by atoms with Crippen molar-refractivity contribution >= 4 is 62.5 Å². The predicted molar refractivity (Wildman–Crippen MR) is 81.3 cm³/mol. The number of benzene rings is 1. The number of rotatable bonds is 4. The van der Waals surface area contributed by atoms with E-state index in [0.29, 0.717) is 13.0 Å². The summed E-state index contributed by atoms with van der Waals surface area (Å²) in [5, 5.41) is 5.78. The molecule has 0 atom stereocenters. The molecule has 0 aromatic heterocycles. The second-order valence-electron chi connectivity index (χ2n) is 3.03. The molecule has 0 heterocycles. The number of halogens is 3. The van der Waals surface area contributed by atoms with Crippen LogP contribution in [0.3, 0.4) is 0 Å². The molecule has 1 aromatic rings. The topological polar surface area (TPSA) is 41.1 Å². The summed E-state index contributed by atoms with van der Waals surface area (Å²) in [4.78, 5) is 11.4. The van der Waals surface area contributed by atoms with Crippen LogP contribution >= 0.6 is 50.9 Å². The van der Waals surface area contributed by atoms with Gasteiger partial charge in [0.1, 0.15) is 0 Å². The van der Waals surface area contributed by atoms with Gasteiger partial charge in [0, 0.05) is 26.7 Å². The molecule has 1 rings (SSSR count). The lowest BCUT2D eigenvalue weighted by molar-refractivity contribution is -0.116. The smallest absolute Gasteiger partial charge is 0.225 e. The highest BCUT2D eigenvalue weighted by Crippen LogP contribution is 2.22. The van der Waals surface area contributed by atoms with Crippen molar-refractivity contribution in [3.63, 3.8) is 0 Å². The van der Waals surface area contributed by atoms with Crippen LogP contribution in [0.5, 0.6) is 0 Å². The van der Waals surface area contributed by atoms with Crippen LogP contribution in [0.2, 0.25) is 0 Å². The second kappa shape index (κ2) is 8.27. The van der Waals surface area contributed by atoms with Gasteiger partial charge in [-0.25, -0.2) is 0 Å². The van der Waals surface area contributed by atoms with Gasteiger partial charge < -0.3 is 10.6 Å². The zero-order valence-electron chi connectivity index (χ0n) is 8.72. The zero-order valence-corrected chi connectivity index (χ0v) is 13.3. The van der Waals surface area contributed by atoms with Crippen molar-refractivity contribution in [3.05, 3.63) is 26.2 Å². The Hall–Kier alpha value is 0.150. The van der Waals surface area contributed by atoms with Crippen molar-refractivity contribution in [2.24, 2.45) is 0 Å². The van der Waals surface area contributed by atoms with E-state index in [1.165, 1.54) is 0 Å². The third-order valence-electron chi connectivity index (χ3n) is 1.81. The monoisotopic (exact) mass is 418 g/mol. The number of carbonyl (C=O) groups excluding carboxylic acids is 1. The fraction of sp³-hybridized carbons (Fsp3) is 0.300. The van der Waals surface area contributed by atoms with E-state index in [2.05, 4.69) is 49.2 Å². The van der Waals surface area contributed by atoms with E-state index in [1.54, 1.807) is 0 Å². The lowest BCUT2D eigenvalue weighted by atomic mass is 10.3. The number of hydrogen-bond acceptors (Lipinski definition) is 2. The first-order valence-corrected chi connectivity index (χ1v) is 6.40. The van der Waals surface area contributed by atoms with Crippen LogP contribution in [0.25, 0.3) is 0 Å². The van der Waals surface area contributed by atoms with Gasteiger partial charge in [-0.1, -0.05) is 0 Å². The SMILES string of the molecule is CNCCC(=O)Nc1ccc(Br)c(I)c1.Cl. The van der Waals surface area contributed by atoms with Crippen molar-refractivity contribution < 1.29 is 4.79 Å². The summed E-state index contributed by atoms with van der Waals surface area (Å²) in [6.07, 6.45) is 0.489. The molecule has 90 valence electrons. The summed E-state index contributed by atoms with van der Waals surface area (Å²) >= 11 is 5.62. The fourth-order valence-electron chi connectivity index (χ4n) is 1.04. The molecule has 0 radical (unpaired) electrons. The maximum atomic E-state index is 11.4. The van der Waals surface area contributed by atoms with Gasteiger partial charge in [0.05, 0.1) is 0 Å². The molecule has 0 saturated carbocycles. The van der Waals surface area contributed by atoms with Crippen LogP contribution in [0.1, 0.15) is 6.42 Å². The van der Waals surface area contributed by atoms with Crippen molar-refractivity contribution in [1.29, 1.82) is 0 Å². The summed E-state index contributed by atoms with van der Waals surface area (Å²) in [6, 6.07) is 5.74. The maximum Gasteiger partial charge on any atom is 0.225 e. The molecule has 0 saturated heterocycles. The molecular weight excluding hydrogens is 406 g/mol. The molecule has 1 aromatic carbocycles. The molecule has 1 amide bonds. The summed E-state index contributed by atoms with van der Waals surface area (Å²) in [5.74, 6) is 0.0301. The minimum absolute atomic E-state index is 0. The molecule has 2 N–H and O–H groups in total. The minimum Gasteiger partial charge on any atom is -0.326 e. The van der Waals surface area contributed by atoms with Crippen molar-refractivity contribution in [2.75, 3.05) is 18.9 Å². The molecule has 0 unspecified atom stereocenters. The molecule has 6 heteroatoms. The number of carbonyl (C=O) groups is 1. The normalized spacial score (nSPS) is 9.44. The van der Waals surface area contributed by atoms with Gasteiger partial charge in [-0.2, -0.15) is 0 Å². The Bertz CT molecular complexity index is 363. The summed E-state index contributed by atoms with van der Waals surface area (Å²) < 4.78 is 2.12. The predicted octanol–water partition coefficient (Wildman–Crippen LogP) is 3.02. The Kier molecular flexibility index (Phi) is 8.35. The average Bonchev–Trinajstić information content (AvgIpc) is 2.20. The van der Waals surface area contributed by atoms with E-state index in [1.807, 2.05) is 25.2 Å². The third kappa shape index (κ3) is 5.47. The van der Waals surface area contributed by atoms with Gasteiger partial charge in [-0.3, -0.25) is 4.79 Å². The fourth-order valence-corrected chi connectivity index (χ4v) is 1.80. The lowest BCUT2D eigenvalue weighted by Gasteiger charge is -2.06. The largest absolute Gasteiger partial charge is 0.326 e. The van der Waals surface area contributed by atoms with E-state index < -0.39 is 0 Å². The lowest BCUT2D eigenvalue weighted by Crippen LogP contribution is -2.18. The zero-order chi connectivity index (χ0) is 11.3. The summed E-state index contributed by atoms with van der Waals surface area (Å²) in [5.41, 5.74) is 0.837. The molecule has 16 heavy (non-hydrogen) atoms. The Labute approximate surface area is 123 Å². The van der Waals surface area contributed by atoms with Crippen molar-refractivity contribution in [1.82, 2.24) is 5.32 Å². The van der Waals surface area contributed by atoms with E-state index in [-0.39, 0.29) is 18.3 Å². The van der Waals surface area contributed by atoms with E-state index in [0.717, 1.165) is 13.7 Å². The van der Waals surface area contributed by atoms with Gasteiger partial charge in [0.25, 0.3) is 0 Å². The van der Waals surface area contributed by atoms with Crippen LogP contribution < -0.4 is 10.6 Å². The van der Waals surface area contributed by atoms with Gasteiger partial charge in [-0.05, 0) is 63.8 Å². The molecule has 0 spiro atoms. The first-order valence-electron chi connectivity index (χ1n) is 4.53. The van der Waals surface area contributed by atoms with Gasteiger partial charge in [0.2, 0.25) is 5.91 Å². The van der Waals surface area contributed by atoms with E-state index >= 15 is 0 Å². The highest BCUT2D eigenvalue weighted by Gasteiger charge is 2.03. The number of hydrogen-bond donors (Lipinski definition) is 2. The molecular formula is C10H13BrClIN2O. The Morgan fingerprint density at radius 3 is 2.75 bits per heavy atom. The number of anilines is 1. The molecule has 0 aliphatic carbocycles. The van der Waals surface area contributed by atoms with Crippen LogP contribution in [-0.2, 0) is 4.79 Å².